The summed E-state index contributed by atoms with van der Waals surface area (Å²) in [5.41, 5.74) is 0. The van der Waals surface area contributed by atoms with Crippen molar-refractivity contribution >= 4 is 49.0 Å². The van der Waals surface area contributed by atoms with Crippen LogP contribution in [0.25, 0.3) is 0 Å². The summed E-state index contributed by atoms with van der Waals surface area (Å²) >= 11 is 0. The number of rotatable bonds is 26. The molecule has 476 valence electrons. The summed E-state index contributed by atoms with van der Waals surface area (Å²) in [5, 5.41) is 172. The molecule has 4 saturated heterocycles. The first-order valence-corrected chi connectivity index (χ1v) is 27.3. The Labute approximate surface area is 459 Å². The van der Waals surface area contributed by atoms with Crippen LogP contribution in [0.15, 0.2) is 11.5 Å². The van der Waals surface area contributed by atoms with Crippen LogP contribution in [0.3, 0.4) is 0 Å². The van der Waals surface area contributed by atoms with E-state index in [1.165, 1.54) is 0 Å². The van der Waals surface area contributed by atoms with Crippen LogP contribution in [0.5, 0.6) is 0 Å². The summed E-state index contributed by atoms with van der Waals surface area (Å²) in [7, 11) is -16.5. The topological polar surface area (TPSA) is 670 Å². The van der Waals surface area contributed by atoms with E-state index in [0.717, 1.165) is 6.92 Å². The lowest BCUT2D eigenvalue weighted by Gasteiger charge is -2.50. The molecule has 0 saturated carbocycles. The molecule has 42 nitrogen and oxygen atoms in total. The van der Waals surface area contributed by atoms with Crippen molar-refractivity contribution in [3.8, 4) is 0 Å². The maximum atomic E-state index is 12.9. The van der Waals surface area contributed by atoms with Crippen LogP contribution in [0.2, 0.25) is 0 Å². The van der Waals surface area contributed by atoms with Gasteiger partial charge in [-0.25, -0.2) is 22.1 Å². The highest BCUT2D eigenvalue weighted by atomic mass is 32.3. The molecular formula is C37H59NO41S3. The molecule has 45 heteroatoms. The van der Waals surface area contributed by atoms with Crippen molar-refractivity contribution in [2.45, 2.75) is 166 Å². The molecule has 0 spiro atoms. The van der Waals surface area contributed by atoms with Gasteiger partial charge >= 0.3 is 43.1 Å². The van der Waals surface area contributed by atoms with E-state index in [9.17, 15) is 135 Å². The second-order valence-electron chi connectivity index (χ2n) is 18.1. The molecule has 5 aliphatic rings. The fourth-order valence-corrected chi connectivity index (χ4v) is 9.67. The van der Waals surface area contributed by atoms with E-state index < -0.39 is 253 Å². The number of carboxylic acids is 2. The van der Waals surface area contributed by atoms with Gasteiger partial charge in [0.1, 0.15) is 122 Å². The molecule has 5 aliphatic heterocycles. The van der Waals surface area contributed by atoms with Gasteiger partial charge in [0, 0.05) is 6.92 Å². The summed E-state index contributed by atoms with van der Waals surface area (Å²) < 4.78 is 166. The van der Waals surface area contributed by atoms with Crippen molar-refractivity contribution in [1.82, 2.24) is 5.32 Å². The third-order valence-corrected chi connectivity index (χ3v) is 13.8. The molecule has 26 atom stereocenters. The SMILES string of the molecule is CC(=O)N[C@H]1[C@H](O[C@H]2[C@H](O)[C@@H](O)[C@H](O[C@H]3[C@@H](O)[C@@H](COS(=O)(=O)O)O[C@@H](O[C@H]4[C@@H](O)[C@@H](COS(=O)(=O)O)O[C@@H](O[C@H](CO)[C@H](O)[C@@H](O)CO)[C@@H]4O)[C@@H]3O)O[C@@H]2C(=O)O)O[C@H](CO)[C@H](OS(=O)(=O)O)[C@@H]1O[C@@H]1OC(C(=O)O)=C(O)[C@H](O)[C@H]1O. The van der Waals surface area contributed by atoms with Gasteiger partial charge in [0.2, 0.25) is 18.0 Å². The highest BCUT2D eigenvalue weighted by molar-refractivity contribution is 7.81. The average Bonchev–Trinajstić information content (AvgIpc) is 3.48. The minimum atomic E-state index is -5.70. The summed E-state index contributed by atoms with van der Waals surface area (Å²) in [6.07, 6.45) is -61.4. The number of nitrogens with one attached hydrogen (secondary N) is 1. The molecule has 82 heavy (non-hydrogen) atoms. The van der Waals surface area contributed by atoms with Gasteiger partial charge in [-0.1, -0.05) is 0 Å². The Morgan fingerprint density at radius 2 is 1.06 bits per heavy atom. The van der Waals surface area contributed by atoms with Crippen LogP contribution in [0.4, 0.5) is 0 Å². The molecule has 0 radical (unpaired) electrons. The van der Waals surface area contributed by atoms with Crippen molar-refractivity contribution in [3.63, 3.8) is 0 Å². The number of hydrogen-bond acceptors (Lipinski definition) is 36. The molecule has 0 aromatic carbocycles. The molecule has 0 aromatic rings. The fraction of sp³-hybridized carbons (Fsp3) is 0.865. The summed E-state index contributed by atoms with van der Waals surface area (Å²) in [6, 6.07) is -2.27. The first kappa shape index (κ1) is 69.3. The summed E-state index contributed by atoms with van der Waals surface area (Å²) in [5.74, 6) is -8.38. The van der Waals surface area contributed by atoms with Crippen molar-refractivity contribution in [1.29, 1.82) is 0 Å². The number of hydrogen-bond donors (Lipinski definition) is 20. The Morgan fingerprint density at radius 1 is 0.573 bits per heavy atom. The van der Waals surface area contributed by atoms with Crippen LogP contribution in [-0.2, 0) is 105 Å². The third-order valence-electron chi connectivity index (χ3n) is 12.4. The van der Waals surface area contributed by atoms with E-state index in [1.54, 1.807) is 0 Å². The minimum Gasteiger partial charge on any atom is -0.506 e. The van der Waals surface area contributed by atoms with Gasteiger partial charge in [0.15, 0.2) is 37.0 Å². The maximum Gasteiger partial charge on any atom is 0.397 e. The minimum absolute atomic E-state index is 0.759. The van der Waals surface area contributed by atoms with Crippen molar-refractivity contribution in [3.05, 3.63) is 11.5 Å². The molecule has 5 heterocycles. The third kappa shape index (κ3) is 17.1. The van der Waals surface area contributed by atoms with Crippen molar-refractivity contribution < 1.29 is 195 Å². The second kappa shape index (κ2) is 28.3. The number of aliphatic carboxylic acids is 2. The molecule has 0 aromatic heterocycles. The molecule has 20 N–H and O–H groups in total. The number of carboxylic acid groups (broad SMARTS) is 2. The van der Waals surface area contributed by atoms with E-state index in [0.29, 0.717) is 0 Å². The van der Waals surface area contributed by atoms with Gasteiger partial charge in [0.25, 0.3) is 0 Å². The lowest BCUT2D eigenvalue weighted by molar-refractivity contribution is -0.387. The molecule has 1 amide bonds. The van der Waals surface area contributed by atoms with E-state index in [-0.39, 0.29) is 0 Å². The van der Waals surface area contributed by atoms with Gasteiger partial charge in [0.05, 0.1) is 33.0 Å². The zero-order chi connectivity index (χ0) is 61.8. The zero-order valence-electron chi connectivity index (χ0n) is 41.2. The highest BCUT2D eigenvalue weighted by Crippen LogP contribution is 2.38. The molecular weight excluding hydrogens is 1210 g/mol. The Bertz CT molecular complexity index is 2540. The molecule has 4 fully saturated rings. The molecule has 0 aliphatic carbocycles. The van der Waals surface area contributed by atoms with Crippen molar-refractivity contribution in [2.75, 3.05) is 33.0 Å². The fourth-order valence-electron chi connectivity index (χ4n) is 8.54. The number of aliphatic hydroxyl groups is 14. The first-order valence-electron chi connectivity index (χ1n) is 23.2. The van der Waals surface area contributed by atoms with E-state index >= 15 is 0 Å². The van der Waals surface area contributed by atoms with Crippen molar-refractivity contribution in [2.24, 2.45) is 0 Å². The lowest BCUT2D eigenvalue weighted by Crippen LogP contribution is -2.70. The number of carbonyl (C=O) groups is 3. The predicted octanol–water partition coefficient (Wildman–Crippen LogP) is -13.0. The maximum absolute atomic E-state index is 12.9. The normalized spacial score (nSPS) is 39.8. The average molecular weight is 1270 g/mol. The van der Waals surface area contributed by atoms with Gasteiger partial charge in [-0.15, -0.1) is 0 Å². The van der Waals surface area contributed by atoms with E-state index in [4.69, 9.17) is 47.4 Å². The zero-order valence-corrected chi connectivity index (χ0v) is 43.7. The predicted molar refractivity (Wildman–Crippen MR) is 239 cm³/mol. The number of ether oxygens (including phenoxy) is 10. The van der Waals surface area contributed by atoms with Crippen LogP contribution in [0, 0.1) is 0 Å². The molecule has 5 rings (SSSR count). The number of aliphatic hydroxyl groups excluding tert-OH is 14. The largest absolute Gasteiger partial charge is 0.506 e. The summed E-state index contributed by atoms with van der Waals surface area (Å²) in [4.78, 5) is 37.4. The smallest absolute Gasteiger partial charge is 0.397 e. The Kier molecular flexibility index (Phi) is 23.9. The monoisotopic (exact) mass is 1270 g/mol. The molecule has 0 unspecified atom stereocenters. The van der Waals surface area contributed by atoms with E-state index in [2.05, 4.69) is 17.9 Å². The quantitative estimate of drug-likeness (QED) is 0.0358. The van der Waals surface area contributed by atoms with Gasteiger partial charge in [-0.2, -0.15) is 25.3 Å². The van der Waals surface area contributed by atoms with E-state index in [1.807, 2.05) is 0 Å². The molecule has 0 bridgehead atoms. The first-order chi connectivity index (χ1) is 37.9. The number of amides is 1. The Balaban J connectivity index is 1.48. The van der Waals surface area contributed by atoms with Crippen LogP contribution in [-0.4, -0.2) is 331 Å². The standard InChI is InChI=1S/C37H59NO41S3/c1-7(42)38-13-25(73-34-20(50)17(47)18(48)29(77-34)31(54)55)24(79-82(64,65)66)10(4-41)70-33(13)76-28-19(49)21(51)35(78-30(28)32(56)57)74-27-16(46)12(6-68-81(61,62)63)72-37(23(27)53)75-26-15(45)11(5-67-80(58,59)60)71-36(22(26)52)69-9(3-40)14(44)8(43)2-39/h8-17,19-28,30,33-37,39-41,43-53H,2-6H2,1H3,(H,38,42)(H,54,55)(H,56,57)(H,58,59,60)(H,61,62,63)(H,64,65,66)/t8-,9+,10+,11+,12+,13+,14+,15-,16-,17-,19+,20+,21+,22+,23+,24-,25+,26-,27-,28-,30-,33-,34+,35+,36+,37-/m0/s1. The van der Waals surface area contributed by atoms with Gasteiger partial charge in [-0.3, -0.25) is 18.5 Å². The second-order valence-corrected chi connectivity index (χ2v) is 21.3. The highest BCUT2D eigenvalue weighted by Gasteiger charge is 2.59. The van der Waals surface area contributed by atoms with Gasteiger partial charge < -0.3 is 134 Å². The Hall–Kier alpha value is -3.52. The van der Waals surface area contributed by atoms with Crippen LogP contribution < -0.4 is 5.32 Å². The van der Waals surface area contributed by atoms with Crippen LogP contribution >= 0.6 is 0 Å². The Morgan fingerprint density at radius 3 is 1.52 bits per heavy atom. The van der Waals surface area contributed by atoms with Crippen LogP contribution in [0.1, 0.15) is 6.92 Å². The summed E-state index contributed by atoms with van der Waals surface area (Å²) in [6.45, 7) is -5.92. The lowest BCUT2D eigenvalue weighted by atomic mass is 9.94. The van der Waals surface area contributed by atoms with Gasteiger partial charge in [-0.05, 0) is 0 Å². The number of carbonyl (C=O) groups excluding carboxylic acids is 1.